The predicted molar refractivity (Wildman–Crippen MR) is 113 cm³/mol. The molecule has 1 aromatic carbocycles. The summed E-state index contributed by atoms with van der Waals surface area (Å²) in [6, 6.07) is 7.61. The van der Waals surface area contributed by atoms with Crippen molar-refractivity contribution in [2.24, 2.45) is 7.05 Å². The molecule has 27 heavy (non-hydrogen) atoms. The average molecular weight is 435 g/mol. The highest BCUT2D eigenvalue weighted by Gasteiger charge is 2.28. The maximum atomic E-state index is 12.8. The minimum Gasteiger partial charge on any atom is -0.338 e. The number of carbonyl (C=O) groups excluding carboxylic acids is 1. The molecule has 1 aliphatic heterocycles. The van der Waals surface area contributed by atoms with Crippen LogP contribution in [0.15, 0.2) is 36.7 Å². The molecule has 0 bridgehead atoms. The van der Waals surface area contributed by atoms with Crippen LogP contribution in [-0.4, -0.2) is 58.7 Å². The molecule has 150 valence electrons. The van der Waals surface area contributed by atoms with Gasteiger partial charge in [-0.15, -0.1) is 24.8 Å². The molecule has 1 amide bonds. The van der Waals surface area contributed by atoms with Crippen LogP contribution in [0.4, 0.5) is 0 Å². The number of aryl methyl sites for hydroxylation is 1. The molecular formula is C18H26Cl3N5O. The molecule has 9 heteroatoms. The third kappa shape index (κ3) is 6.09. The van der Waals surface area contributed by atoms with Gasteiger partial charge in [-0.25, -0.2) is 0 Å². The Bertz CT molecular complexity index is 714. The van der Waals surface area contributed by atoms with Crippen molar-refractivity contribution >= 4 is 42.3 Å². The molecule has 6 nitrogen and oxygen atoms in total. The fraction of sp³-hybridized carbons (Fsp3) is 0.444. The lowest BCUT2D eigenvalue weighted by molar-refractivity contribution is -0.135. The van der Waals surface area contributed by atoms with Crippen molar-refractivity contribution in [1.29, 1.82) is 0 Å². The maximum absolute atomic E-state index is 12.8. The van der Waals surface area contributed by atoms with Gasteiger partial charge in [0.15, 0.2) is 0 Å². The summed E-state index contributed by atoms with van der Waals surface area (Å²) >= 11 is 5.93. The first-order valence-corrected chi connectivity index (χ1v) is 8.86. The lowest BCUT2D eigenvalue weighted by atomic mass is 10.1. The Morgan fingerprint density at radius 3 is 2.33 bits per heavy atom. The molecule has 3 rings (SSSR count). The van der Waals surface area contributed by atoms with E-state index in [9.17, 15) is 4.79 Å². The van der Waals surface area contributed by atoms with E-state index in [0.29, 0.717) is 0 Å². The first-order valence-electron chi connectivity index (χ1n) is 8.48. The molecule has 0 aliphatic carbocycles. The molecule has 1 atom stereocenters. The normalized spacial score (nSPS) is 15.6. The van der Waals surface area contributed by atoms with Gasteiger partial charge in [0.1, 0.15) is 6.04 Å². The van der Waals surface area contributed by atoms with Crippen LogP contribution in [0, 0.1) is 0 Å². The Hall–Kier alpha value is -1.31. The van der Waals surface area contributed by atoms with Crippen molar-refractivity contribution in [3.8, 4) is 0 Å². The highest BCUT2D eigenvalue weighted by molar-refractivity contribution is 6.30. The van der Waals surface area contributed by atoms with Gasteiger partial charge in [-0.2, -0.15) is 5.10 Å². The van der Waals surface area contributed by atoms with Gasteiger partial charge in [-0.05, 0) is 24.7 Å². The second-order valence-electron chi connectivity index (χ2n) is 6.40. The largest absolute Gasteiger partial charge is 0.338 e. The van der Waals surface area contributed by atoms with E-state index in [0.717, 1.165) is 43.3 Å². The molecule has 1 aromatic heterocycles. The predicted octanol–water partition coefficient (Wildman–Crippen LogP) is 2.52. The number of hydrogen-bond acceptors (Lipinski definition) is 4. The SMILES string of the molecule is CNC(C(=O)N1CCN(Cc2ccc(Cl)cc2)CC1)c1cnn(C)c1.Cl.Cl. The molecule has 0 radical (unpaired) electrons. The third-order valence-corrected chi connectivity index (χ3v) is 4.85. The quantitative estimate of drug-likeness (QED) is 0.786. The number of likely N-dealkylation sites (N-methyl/N-ethyl adjacent to an activating group) is 1. The second kappa shape index (κ2) is 10.9. The van der Waals surface area contributed by atoms with Crippen molar-refractivity contribution in [1.82, 2.24) is 24.9 Å². The second-order valence-corrected chi connectivity index (χ2v) is 6.83. The van der Waals surface area contributed by atoms with E-state index in [1.54, 1.807) is 10.9 Å². The van der Waals surface area contributed by atoms with Crippen molar-refractivity contribution in [3.63, 3.8) is 0 Å². The van der Waals surface area contributed by atoms with E-state index >= 15 is 0 Å². The Balaban J connectivity index is 0.00000182. The topological polar surface area (TPSA) is 53.4 Å². The Morgan fingerprint density at radius 2 is 1.81 bits per heavy atom. The number of piperazine rings is 1. The van der Waals surface area contributed by atoms with Crippen molar-refractivity contribution in [3.05, 3.63) is 52.8 Å². The number of carbonyl (C=O) groups is 1. The number of nitrogens with zero attached hydrogens (tertiary/aromatic N) is 4. The van der Waals surface area contributed by atoms with Crippen LogP contribution < -0.4 is 5.32 Å². The van der Waals surface area contributed by atoms with E-state index in [1.165, 1.54) is 5.56 Å². The number of amides is 1. The molecule has 2 aromatic rings. The molecule has 0 spiro atoms. The minimum absolute atomic E-state index is 0. The Morgan fingerprint density at radius 1 is 1.19 bits per heavy atom. The molecular weight excluding hydrogens is 409 g/mol. The van der Waals surface area contributed by atoms with E-state index in [-0.39, 0.29) is 36.8 Å². The highest BCUT2D eigenvalue weighted by Crippen LogP contribution is 2.17. The fourth-order valence-electron chi connectivity index (χ4n) is 3.18. The van der Waals surface area contributed by atoms with Crippen LogP contribution >= 0.6 is 36.4 Å². The fourth-order valence-corrected chi connectivity index (χ4v) is 3.30. The van der Waals surface area contributed by atoms with Crippen LogP contribution in [0.25, 0.3) is 0 Å². The summed E-state index contributed by atoms with van der Waals surface area (Å²) in [4.78, 5) is 17.1. The summed E-state index contributed by atoms with van der Waals surface area (Å²) in [7, 11) is 3.67. The number of rotatable bonds is 5. The van der Waals surface area contributed by atoms with Crippen LogP contribution in [-0.2, 0) is 18.4 Å². The zero-order valence-electron chi connectivity index (χ0n) is 15.5. The van der Waals surface area contributed by atoms with Crippen LogP contribution in [0.3, 0.4) is 0 Å². The molecule has 1 saturated heterocycles. The maximum Gasteiger partial charge on any atom is 0.244 e. The molecule has 0 saturated carbocycles. The van der Waals surface area contributed by atoms with Crippen LogP contribution in [0.5, 0.6) is 0 Å². The van der Waals surface area contributed by atoms with Crippen LogP contribution in [0.2, 0.25) is 5.02 Å². The number of nitrogens with one attached hydrogen (secondary N) is 1. The lowest BCUT2D eigenvalue weighted by Gasteiger charge is -2.36. The third-order valence-electron chi connectivity index (χ3n) is 4.60. The van der Waals surface area contributed by atoms with Gasteiger partial charge in [0.2, 0.25) is 5.91 Å². The minimum atomic E-state index is -0.337. The Kier molecular flexibility index (Phi) is 9.56. The zero-order valence-corrected chi connectivity index (χ0v) is 17.9. The van der Waals surface area contributed by atoms with Gasteiger partial charge in [-0.3, -0.25) is 14.4 Å². The van der Waals surface area contributed by atoms with Gasteiger partial charge in [-0.1, -0.05) is 23.7 Å². The Labute approximate surface area is 177 Å². The first kappa shape index (κ1) is 23.7. The number of hydrogen-bond donors (Lipinski definition) is 1. The summed E-state index contributed by atoms with van der Waals surface area (Å²) in [5, 5.41) is 8.04. The smallest absolute Gasteiger partial charge is 0.244 e. The number of halogens is 3. The van der Waals surface area contributed by atoms with Crippen molar-refractivity contribution < 1.29 is 4.79 Å². The standard InChI is InChI=1S/C18H24ClN5O.2ClH/c1-20-17(15-11-21-22(2)13-15)18(25)24-9-7-23(8-10-24)12-14-3-5-16(19)6-4-14;;/h3-6,11,13,17,20H,7-10,12H2,1-2H3;2*1H. The number of benzene rings is 1. The highest BCUT2D eigenvalue weighted by atomic mass is 35.5. The van der Waals surface area contributed by atoms with Crippen molar-refractivity contribution in [2.45, 2.75) is 12.6 Å². The summed E-state index contributed by atoms with van der Waals surface area (Å²) in [6.45, 7) is 4.11. The van der Waals surface area contributed by atoms with Gasteiger partial charge in [0.05, 0.1) is 6.20 Å². The average Bonchev–Trinajstić information content (AvgIpc) is 3.04. The first-order chi connectivity index (χ1) is 12.1. The van der Waals surface area contributed by atoms with Gasteiger partial charge >= 0.3 is 0 Å². The van der Waals surface area contributed by atoms with Crippen molar-refractivity contribution in [2.75, 3.05) is 33.2 Å². The zero-order chi connectivity index (χ0) is 17.8. The summed E-state index contributed by atoms with van der Waals surface area (Å²) < 4.78 is 1.72. The van der Waals surface area contributed by atoms with E-state index in [2.05, 4.69) is 27.4 Å². The molecule has 1 N–H and O–H groups in total. The molecule has 1 fully saturated rings. The van der Waals surface area contributed by atoms with E-state index < -0.39 is 0 Å². The number of aromatic nitrogens is 2. The van der Waals surface area contributed by atoms with Gasteiger partial charge in [0.25, 0.3) is 0 Å². The van der Waals surface area contributed by atoms with Gasteiger partial charge in [0, 0.05) is 56.6 Å². The molecule has 1 aliphatic rings. The van der Waals surface area contributed by atoms with E-state index in [4.69, 9.17) is 11.6 Å². The summed E-state index contributed by atoms with van der Waals surface area (Å²) in [5.74, 6) is 0.113. The van der Waals surface area contributed by atoms with Gasteiger partial charge < -0.3 is 10.2 Å². The monoisotopic (exact) mass is 433 g/mol. The molecule has 2 heterocycles. The summed E-state index contributed by atoms with van der Waals surface area (Å²) in [5.41, 5.74) is 2.14. The lowest BCUT2D eigenvalue weighted by Crippen LogP contribution is -2.51. The van der Waals surface area contributed by atoms with E-state index in [1.807, 2.05) is 37.3 Å². The molecule has 1 unspecified atom stereocenters. The summed E-state index contributed by atoms with van der Waals surface area (Å²) in [6.07, 6.45) is 3.63. The van der Waals surface area contributed by atoms with Crippen LogP contribution in [0.1, 0.15) is 17.2 Å².